The van der Waals surface area contributed by atoms with Crippen LogP contribution < -0.4 is 5.32 Å². The number of rotatable bonds is 6. The SMILES string of the molecule is O=C(Nc1ccccc1)c1ccc(CN2CCCN(Cc3ccccc3)CC2)cc1. The van der Waals surface area contributed by atoms with Gasteiger partial charge in [0.1, 0.15) is 0 Å². The van der Waals surface area contributed by atoms with Crippen LogP contribution in [0.25, 0.3) is 0 Å². The quantitative estimate of drug-likeness (QED) is 0.656. The lowest BCUT2D eigenvalue weighted by molar-refractivity contribution is 0.102. The van der Waals surface area contributed by atoms with E-state index >= 15 is 0 Å². The van der Waals surface area contributed by atoms with Crippen molar-refractivity contribution in [2.45, 2.75) is 19.5 Å². The minimum atomic E-state index is -0.0703. The highest BCUT2D eigenvalue weighted by molar-refractivity contribution is 6.04. The monoisotopic (exact) mass is 399 g/mol. The minimum Gasteiger partial charge on any atom is -0.322 e. The van der Waals surface area contributed by atoms with E-state index in [0.29, 0.717) is 5.56 Å². The molecule has 0 aromatic heterocycles. The third kappa shape index (κ3) is 5.78. The van der Waals surface area contributed by atoms with Gasteiger partial charge in [0, 0.05) is 37.4 Å². The van der Waals surface area contributed by atoms with E-state index in [1.165, 1.54) is 17.5 Å². The fourth-order valence-electron chi connectivity index (χ4n) is 3.93. The molecule has 0 spiro atoms. The lowest BCUT2D eigenvalue weighted by Gasteiger charge is -2.22. The number of hydrogen-bond acceptors (Lipinski definition) is 3. The van der Waals surface area contributed by atoms with E-state index in [-0.39, 0.29) is 5.91 Å². The van der Waals surface area contributed by atoms with Crippen LogP contribution in [0.3, 0.4) is 0 Å². The van der Waals surface area contributed by atoms with Gasteiger partial charge in [0.15, 0.2) is 0 Å². The first-order valence-electron chi connectivity index (χ1n) is 10.7. The Kier molecular flexibility index (Phi) is 6.91. The summed E-state index contributed by atoms with van der Waals surface area (Å²) in [6.07, 6.45) is 1.18. The first-order chi connectivity index (χ1) is 14.8. The van der Waals surface area contributed by atoms with E-state index < -0.39 is 0 Å². The molecule has 0 aliphatic carbocycles. The van der Waals surface area contributed by atoms with Gasteiger partial charge in [0.2, 0.25) is 0 Å². The number of hydrogen-bond donors (Lipinski definition) is 1. The number of benzene rings is 3. The van der Waals surface area contributed by atoms with Crippen molar-refractivity contribution in [2.24, 2.45) is 0 Å². The second-order valence-corrected chi connectivity index (χ2v) is 7.91. The van der Waals surface area contributed by atoms with E-state index in [2.05, 4.69) is 57.6 Å². The van der Waals surface area contributed by atoms with Crippen molar-refractivity contribution >= 4 is 11.6 Å². The molecule has 1 aliphatic rings. The van der Waals surface area contributed by atoms with Gasteiger partial charge in [0.05, 0.1) is 0 Å². The molecule has 0 atom stereocenters. The van der Waals surface area contributed by atoms with Crippen LogP contribution in [-0.4, -0.2) is 41.9 Å². The molecule has 0 unspecified atom stereocenters. The summed E-state index contributed by atoms with van der Waals surface area (Å²) in [5.74, 6) is -0.0703. The molecule has 1 saturated heterocycles. The van der Waals surface area contributed by atoms with Gasteiger partial charge in [-0.3, -0.25) is 14.6 Å². The highest BCUT2D eigenvalue weighted by Crippen LogP contribution is 2.14. The lowest BCUT2D eigenvalue weighted by Crippen LogP contribution is -2.30. The Morgan fingerprint density at radius 2 is 1.20 bits per heavy atom. The maximum atomic E-state index is 12.4. The van der Waals surface area contributed by atoms with Gasteiger partial charge >= 0.3 is 0 Å². The average Bonchev–Trinajstić information content (AvgIpc) is 3.01. The molecule has 0 bridgehead atoms. The molecule has 1 amide bonds. The van der Waals surface area contributed by atoms with E-state index in [0.717, 1.165) is 45.0 Å². The Balaban J connectivity index is 1.28. The summed E-state index contributed by atoms with van der Waals surface area (Å²) in [5.41, 5.74) is 4.14. The van der Waals surface area contributed by atoms with Crippen LogP contribution in [-0.2, 0) is 13.1 Å². The molecule has 30 heavy (non-hydrogen) atoms. The second kappa shape index (κ2) is 10.2. The van der Waals surface area contributed by atoms with Crippen LogP contribution >= 0.6 is 0 Å². The molecule has 0 radical (unpaired) electrons. The van der Waals surface area contributed by atoms with Crippen LogP contribution in [0.4, 0.5) is 5.69 Å². The molecule has 3 aromatic rings. The van der Waals surface area contributed by atoms with Crippen LogP contribution in [0.1, 0.15) is 27.9 Å². The van der Waals surface area contributed by atoms with Gasteiger partial charge in [-0.05, 0) is 54.9 Å². The molecule has 4 nitrogen and oxygen atoms in total. The molecular formula is C26H29N3O. The summed E-state index contributed by atoms with van der Waals surface area (Å²) in [4.78, 5) is 17.5. The van der Waals surface area contributed by atoms with E-state index in [9.17, 15) is 4.79 Å². The van der Waals surface area contributed by atoms with Gasteiger partial charge in [-0.1, -0.05) is 60.7 Å². The average molecular weight is 400 g/mol. The smallest absolute Gasteiger partial charge is 0.255 e. The zero-order valence-electron chi connectivity index (χ0n) is 17.3. The second-order valence-electron chi connectivity index (χ2n) is 7.91. The molecule has 3 aromatic carbocycles. The first-order valence-corrected chi connectivity index (χ1v) is 10.7. The molecule has 1 N–H and O–H groups in total. The number of nitrogens with zero attached hydrogens (tertiary/aromatic N) is 2. The highest BCUT2D eigenvalue weighted by atomic mass is 16.1. The zero-order chi connectivity index (χ0) is 20.6. The molecular weight excluding hydrogens is 370 g/mol. The van der Waals surface area contributed by atoms with Crippen molar-refractivity contribution in [1.82, 2.24) is 9.80 Å². The van der Waals surface area contributed by atoms with E-state index in [1.54, 1.807) is 0 Å². The number of amides is 1. The fraction of sp³-hybridized carbons (Fsp3) is 0.269. The largest absolute Gasteiger partial charge is 0.322 e. The maximum Gasteiger partial charge on any atom is 0.255 e. The van der Waals surface area contributed by atoms with Gasteiger partial charge in [-0.15, -0.1) is 0 Å². The molecule has 4 rings (SSSR count). The topological polar surface area (TPSA) is 35.6 Å². The molecule has 1 aliphatic heterocycles. The summed E-state index contributed by atoms with van der Waals surface area (Å²) in [6.45, 7) is 6.38. The summed E-state index contributed by atoms with van der Waals surface area (Å²) in [6, 6.07) is 28.3. The Morgan fingerprint density at radius 3 is 1.80 bits per heavy atom. The number of carbonyl (C=O) groups excluding carboxylic acids is 1. The van der Waals surface area contributed by atoms with Gasteiger partial charge in [-0.2, -0.15) is 0 Å². The molecule has 0 saturated carbocycles. The number of carbonyl (C=O) groups is 1. The highest BCUT2D eigenvalue weighted by Gasteiger charge is 2.15. The van der Waals surface area contributed by atoms with Crippen molar-refractivity contribution in [3.63, 3.8) is 0 Å². The van der Waals surface area contributed by atoms with Gasteiger partial charge < -0.3 is 5.32 Å². The Morgan fingerprint density at radius 1 is 0.667 bits per heavy atom. The van der Waals surface area contributed by atoms with E-state index in [4.69, 9.17) is 0 Å². The van der Waals surface area contributed by atoms with Crippen molar-refractivity contribution in [3.8, 4) is 0 Å². The third-order valence-electron chi connectivity index (χ3n) is 5.58. The van der Waals surface area contributed by atoms with Crippen LogP contribution in [0.5, 0.6) is 0 Å². The van der Waals surface area contributed by atoms with Crippen LogP contribution in [0.2, 0.25) is 0 Å². The maximum absolute atomic E-state index is 12.4. The third-order valence-corrected chi connectivity index (χ3v) is 5.58. The predicted molar refractivity (Wildman–Crippen MR) is 122 cm³/mol. The summed E-state index contributed by atoms with van der Waals surface area (Å²) in [5, 5.41) is 2.94. The fourth-order valence-corrected chi connectivity index (χ4v) is 3.93. The van der Waals surface area contributed by atoms with Gasteiger partial charge in [-0.25, -0.2) is 0 Å². The Hall–Kier alpha value is -2.95. The standard InChI is InChI=1S/C26H29N3O/c30-26(27-25-10-5-2-6-11-25)24-14-12-23(13-15-24)21-29-17-7-16-28(18-19-29)20-22-8-3-1-4-9-22/h1-6,8-15H,7,16-21H2,(H,27,30). The van der Waals surface area contributed by atoms with E-state index in [1.807, 2.05) is 42.5 Å². The number of para-hydroxylation sites is 1. The van der Waals surface area contributed by atoms with Crippen LogP contribution in [0, 0.1) is 0 Å². The van der Waals surface area contributed by atoms with Crippen molar-refractivity contribution < 1.29 is 4.79 Å². The van der Waals surface area contributed by atoms with Crippen LogP contribution in [0.15, 0.2) is 84.9 Å². The molecule has 4 heteroatoms. The Bertz CT molecular complexity index is 926. The number of anilines is 1. The lowest BCUT2D eigenvalue weighted by atomic mass is 10.1. The Labute approximate surface area is 179 Å². The van der Waals surface area contributed by atoms with Gasteiger partial charge in [0.25, 0.3) is 5.91 Å². The first kappa shape index (κ1) is 20.3. The summed E-state index contributed by atoms with van der Waals surface area (Å²) < 4.78 is 0. The zero-order valence-corrected chi connectivity index (χ0v) is 17.3. The molecule has 1 heterocycles. The number of nitrogens with one attached hydrogen (secondary N) is 1. The molecule has 1 fully saturated rings. The molecule has 154 valence electrons. The predicted octanol–water partition coefficient (Wildman–Crippen LogP) is 4.65. The van der Waals surface area contributed by atoms with Crippen molar-refractivity contribution in [2.75, 3.05) is 31.5 Å². The minimum absolute atomic E-state index is 0.0703. The van der Waals surface area contributed by atoms with Crippen molar-refractivity contribution in [1.29, 1.82) is 0 Å². The normalized spacial score (nSPS) is 15.5. The summed E-state index contributed by atoms with van der Waals surface area (Å²) >= 11 is 0. The summed E-state index contributed by atoms with van der Waals surface area (Å²) in [7, 11) is 0. The van der Waals surface area contributed by atoms with Crippen molar-refractivity contribution in [3.05, 3.63) is 102 Å².